The molecule has 33 heavy (non-hydrogen) atoms. The standard InChI is InChI=1S/C25H31N3O5/c1-17(2)13-21(25(32)33)28-24(31)20(14-18-9-5-3-6-10-18)27-23(30)16-26-22(29)15-19-11-7-4-8-12-19/h3-12,17,20-21H,13-16H2,1-2H3,(H,26,29)(H,27,30)(H,28,31)(H,32,33)/t20-,21-/m0/s1. The van der Waals surface area contributed by atoms with Crippen LogP contribution in [-0.4, -0.2) is 47.4 Å². The van der Waals surface area contributed by atoms with Crippen molar-refractivity contribution < 1.29 is 24.3 Å². The highest BCUT2D eigenvalue weighted by atomic mass is 16.4. The van der Waals surface area contributed by atoms with Crippen LogP contribution in [0.15, 0.2) is 60.7 Å². The van der Waals surface area contributed by atoms with Gasteiger partial charge in [-0.25, -0.2) is 4.79 Å². The van der Waals surface area contributed by atoms with Crippen molar-refractivity contribution in [3.8, 4) is 0 Å². The molecular weight excluding hydrogens is 422 g/mol. The van der Waals surface area contributed by atoms with E-state index >= 15 is 0 Å². The lowest BCUT2D eigenvalue weighted by molar-refractivity contribution is -0.142. The molecule has 0 heterocycles. The van der Waals surface area contributed by atoms with Gasteiger partial charge in [0.15, 0.2) is 0 Å². The van der Waals surface area contributed by atoms with Crippen LogP contribution in [0.5, 0.6) is 0 Å². The summed E-state index contributed by atoms with van der Waals surface area (Å²) < 4.78 is 0. The Kier molecular flexibility index (Phi) is 10.1. The third kappa shape index (κ3) is 9.55. The van der Waals surface area contributed by atoms with Crippen LogP contribution in [-0.2, 0) is 32.0 Å². The lowest BCUT2D eigenvalue weighted by Crippen LogP contribution is -2.54. The molecule has 0 bridgehead atoms. The monoisotopic (exact) mass is 453 g/mol. The Bertz CT molecular complexity index is 932. The molecule has 0 saturated heterocycles. The minimum absolute atomic E-state index is 0.0633. The lowest BCUT2D eigenvalue weighted by Gasteiger charge is -2.22. The molecule has 3 amide bonds. The van der Waals surface area contributed by atoms with Gasteiger partial charge in [-0.15, -0.1) is 0 Å². The number of aliphatic carboxylic acids is 1. The second kappa shape index (κ2) is 13.0. The number of carboxylic acids is 1. The maximum atomic E-state index is 12.9. The highest BCUT2D eigenvalue weighted by molar-refractivity contribution is 5.92. The average molecular weight is 454 g/mol. The molecule has 2 rings (SSSR count). The fraction of sp³-hybridized carbons (Fsp3) is 0.360. The fourth-order valence-corrected chi connectivity index (χ4v) is 3.29. The Morgan fingerprint density at radius 3 is 1.91 bits per heavy atom. The topological polar surface area (TPSA) is 125 Å². The summed E-state index contributed by atoms with van der Waals surface area (Å²) in [6.45, 7) is 3.44. The first kappa shape index (κ1) is 25.6. The van der Waals surface area contributed by atoms with Crippen molar-refractivity contribution in [1.29, 1.82) is 0 Å². The van der Waals surface area contributed by atoms with Gasteiger partial charge in [-0.05, 0) is 23.5 Å². The Hall–Kier alpha value is -3.68. The van der Waals surface area contributed by atoms with Gasteiger partial charge >= 0.3 is 5.97 Å². The van der Waals surface area contributed by atoms with E-state index in [9.17, 15) is 24.3 Å². The molecule has 0 aliphatic heterocycles. The van der Waals surface area contributed by atoms with Crippen molar-refractivity contribution in [2.24, 2.45) is 5.92 Å². The molecule has 4 N–H and O–H groups in total. The van der Waals surface area contributed by atoms with E-state index in [1.807, 2.05) is 74.5 Å². The molecule has 8 heteroatoms. The van der Waals surface area contributed by atoms with E-state index in [0.717, 1.165) is 11.1 Å². The second-order valence-corrected chi connectivity index (χ2v) is 8.28. The van der Waals surface area contributed by atoms with E-state index in [4.69, 9.17) is 0 Å². The molecule has 0 aliphatic rings. The molecule has 0 saturated carbocycles. The van der Waals surface area contributed by atoms with Crippen LogP contribution in [0, 0.1) is 5.92 Å². The molecule has 0 aliphatic carbocycles. The quantitative estimate of drug-likeness (QED) is 0.389. The van der Waals surface area contributed by atoms with E-state index in [1.165, 1.54) is 0 Å². The molecule has 0 aromatic heterocycles. The molecule has 0 radical (unpaired) electrons. The number of carboxylic acid groups (broad SMARTS) is 1. The Labute approximate surface area is 193 Å². The smallest absolute Gasteiger partial charge is 0.326 e. The van der Waals surface area contributed by atoms with Gasteiger partial charge in [-0.3, -0.25) is 14.4 Å². The molecule has 2 aromatic carbocycles. The van der Waals surface area contributed by atoms with E-state index in [2.05, 4.69) is 16.0 Å². The second-order valence-electron chi connectivity index (χ2n) is 8.28. The number of rotatable bonds is 12. The third-order valence-corrected chi connectivity index (χ3v) is 4.91. The molecule has 176 valence electrons. The molecule has 0 spiro atoms. The zero-order valence-electron chi connectivity index (χ0n) is 18.9. The number of amides is 3. The summed E-state index contributed by atoms with van der Waals surface area (Å²) in [6.07, 6.45) is 0.588. The SMILES string of the molecule is CC(C)C[C@H](NC(=O)[C@H](Cc1ccccc1)NC(=O)CNC(=O)Cc1ccccc1)C(=O)O. The van der Waals surface area contributed by atoms with Gasteiger partial charge in [0.2, 0.25) is 17.7 Å². The van der Waals surface area contributed by atoms with Crippen molar-refractivity contribution >= 4 is 23.7 Å². The van der Waals surface area contributed by atoms with Gasteiger partial charge < -0.3 is 21.1 Å². The van der Waals surface area contributed by atoms with Crippen LogP contribution in [0.4, 0.5) is 0 Å². The Morgan fingerprint density at radius 2 is 1.36 bits per heavy atom. The Balaban J connectivity index is 2.00. The molecule has 0 unspecified atom stereocenters. The predicted octanol–water partition coefficient (Wildman–Crippen LogP) is 1.69. The number of nitrogens with one attached hydrogen (secondary N) is 3. The first-order valence-electron chi connectivity index (χ1n) is 10.9. The summed E-state index contributed by atoms with van der Waals surface area (Å²) in [5, 5.41) is 17.1. The highest BCUT2D eigenvalue weighted by Gasteiger charge is 2.27. The van der Waals surface area contributed by atoms with Crippen LogP contribution in [0.2, 0.25) is 0 Å². The van der Waals surface area contributed by atoms with E-state index in [0.29, 0.717) is 0 Å². The van der Waals surface area contributed by atoms with Gasteiger partial charge in [0, 0.05) is 6.42 Å². The number of hydrogen-bond donors (Lipinski definition) is 4. The molecule has 0 fully saturated rings. The minimum atomic E-state index is -1.13. The maximum Gasteiger partial charge on any atom is 0.326 e. The molecule has 2 atom stereocenters. The van der Waals surface area contributed by atoms with E-state index in [1.54, 1.807) is 0 Å². The van der Waals surface area contributed by atoms with Crippen LogP contribution >= 0.6 is 0 Å². The van der Waals surface area contributed by atoms with Gasteiger partial charge in [-0.1, -0.05) is 74.5 Å². The first-order chi connectivity index (χ1) is 15.7. The molecule has 8 nitrogen and oxygen atoms in total. The van der Waals surface area contributed by atoms with Crippen molar-refractivity contribution in [2.75, 3.05) is 6.54 Å². The zero-order chi connectivity index (χ0) is 24.2. The summed E-state index contributed by atoms with van der Waals surface area (Å²) in [5.74, 6) is -2.51. The summed E-state index contributed by atoms with van der Waals surface area (Å²) in [6, 6.07) is 16.2. The lowest BCUT2D eigenvalue weighted by atomic mass is 10.0. The summed E-state index contributed by atoms with van der Waals surface area (Å²) in [4.78, 5) is 49.0. The summed E-state index contributed by atoms with van der Waals surface area (Å²) in [5.41, 5.74) is 1.63. The minimum Gasteiger partial charge on any atom is -0.480 e. The Morgan fingerprint density at radius 1 is 0.788 bits per heavy atom. The summed E-state index contributed by atoms with van der Waals surface area (Å²) >= 11 is 0. The fourth-order valence-electron chi connectivity index (χ4n) is 3.29. The zero-order valence-corrected chi connectivity index (χ0v) is 18.9. The number of carbonyl (C=O) groups is 4. The van der Waals surface area contributed by atoms with Crippen molar-refractivity contribution in [1.82, 2.24) is 16.0 Å². The van der Waals surface area contributed by atoms with Gasteiger partial charge in [0.1, 0.15) is 12.1 Å². The number of carbonyl (C=O) groups excluding carboxylic acids is 3. The molecular formula is C25H31N3O5. The maximum absolute atomic E-state index is 12.9. The number of benzene rings is 2. The third-order valence-electron chi connectivity index (χ3n) is 4.91. The molecule has 2 aromatic rings. The van der Waals surface area contributed by atoms with Gasteiger partial charge in [-0.2, -0.15) is 0 Å². The average Bonchev–Trinajstić information content (AvgIpc) is 2.78. The first-order valence-corrected chi connectivity index (χ1v) is 10.9. The van der Waals surface area contributed by atoms with Crippen LogP contribution < -0.4 is 16.0 Å². The largest absolute Gasteiger partial charge is 0.480 e. The normalized spacial score (nSPS) is 12.5. The summed E-state index contributed by atoms with van der Waals surface area (Å²) in [7, 11) is 0. The number of hydrogen-bond acceptors (Lipinski definition) is 4. The van der Waals surface area contributed by atoms with Crippen molar-refractivity contribution in [3.63, 3.8) is 0 Å². The van der Waals surface area contributed by atoms with Gasteiger partial charge in [0.25, 0.3) is 0 Å². The van der Waals surface area contributed by atoms with Crippen LogP contribution in [0.3, 0.4) is 0 Å². The van der Waals surface area contributed by atoms with Crippen molar-refractivity contribution in [2.45, 2.75) is 45.2 Å². The van der Waals surface area contributed by atoms with Crippen molar-refractivity contribution in [3.05, 3.63) is 71.8 Å². The van der Waals surface area contributed by atoms with Gasteiger partial charge in [0.05, 0.1) is 13.0 Å². The van der Waals surface area contributed by atoms with Crippen LogP contribution in [0.25, 0.3) is 0 Å². The van der Waals surface area contributed by atoms with Crippen LogP contribution in [0.1, 0.15) is 31.4 Å². The highest BCUT2D eigenvalue weighted by Crippen LogP contribution is 2.08. The van der Waals surface area contributed by atoms with E-state index < -0.39 is 29.9 Å². The van der Waals surface area contributed by atoms with E-state index in [-0.39, 0.29) is 37.6 Å². The predicted molar refractivity (Wildman–Crippen MR) is 124 cm³/mol.